The molecule has 8 aromatic rings. The number of aliphatic imine (C=N–C) groups is 2. The van der Waals surface area contributed by atoms with Crippen LogP contribution in [0.1, 0.15) is 5.56 Å². The van der Waals surface area contributed by atoms with Crippen molar-refractivity contribution in [1.29, 1.82) is 0 Å². The number of nitrogens with one attached hydrogen (secondary N) is 1. The van der Waals surface area contributed by atoms with Crippen molar-refractivity contribution in [3.63, 3.8) is 0 Å². The second-order valence-corrected chi connectivity index (χ2v) is 12.3. The molecule has 0 saturated heterocycles. The second kappa shape index (κ2) is 11.6. The summed E-state index contributed by atoms with van der Waals surface area (Å²) in [5.74, 6) is 0. The van der Waals surface area contributed by atoms with Crippen LogP contribution >= 0.6 is 11.3 Å². The van der Waals surface area contributed by atoms with E-state index in [1.807, 2.05) is 36.5 Å². The van der Waals surface area contributed by atoms with Gasteiger partial charge >= 0.3 is 0 Å². The first-order valence-corrected chi connectivity index (χ1v) is 16.0. The summed E-state index contributed by atoms with van der Waals surface area (Å²) < 4.78 is 4.73. The van der Waals surface area contributed by atoms with E-state index in [4.69, 9.17) is 4.99 Å². The summed E-state index contributed by atoms with van der Waals surface area (Å²) in [6.07, 6.45) is 1.86. The molecule has 46 heavy (non-hydrogen) atoms. The minimum atomic E-state index is 0.411. The number of allylic oxidation sites excluding steroid dienone is 1. The third-order valence-corrected chi connectivity index (χ3v) is 9.83. The van der Waals surface area contributed by atoms with Crippen molar-refractivity contribution in [2.75, 3.05) is 5.32 Å². The average molecular weight is 611 g/mol. The Kier molecular flexibility index (Phi) is 7.01. The minimum absolute atomic E-state index is 0.411. The Labute approximate surface area is 271 Å². The Bertz CT molecular complexity index is 2510. The van der Waals surface area contributed by atoms with E-state index in [0.29, 0.717) is 17.9 Å². The van der Waals surface area contributed by atoms with Gasteiger partial charge in [-0.25, -0.2) is 0 Å². The van der Waals surface area contributed by atoms with Crippen molar-refractivity contribution in [1.82, 2.24) is 4.57 Å². The van der Waals surface area contributed by atoms with Gasteiger partial charge in [0.2, 0.25) is 0 Å². The number of anilines is 1. The average Bonchev–Trinajstić information content (AvgIpc) is 3.65. The molecule has 5 heteroatoms. The molecule has 1 N–H and O–H groups in total. The molecular weight excluding hydrogens is 581 g/mol. The van der Waals surface area contributed by atoms with Crippen molar-refractivity contribution in [2.45, 2.75) is 6.67 Å². The van der Waals surface area contributed by atoms with Gasteiger partial charge < -0.3 is 9.88 Å². The van der Waals surface area contributed by atoms with E-state index < -0.39 is 0 Å². The van der Waals surface area contributed by atoms with Crippen LogP contribution in [-0.4, -0.2) is 17.0 Å². The molecule has 0 amide bonds. The maximum absolute atomic E-state index is 5.39. The number of aromatic nitrogens is 1. The monoisotopic (exact) mass is 610 g/mol. The summed E-state index contributed by atoms with van der Waals surface area (Å²) in [4.78, 5) is 9.81. The molecular formula is C41H30N4S. The molecule has 0 atom stereocenters. The third kappa shape index (κ3) is 4.69. The highest BCUT2D eigenvalue weighted by Gasteiger charge is 2.19. The van der Waals surface area contributed by atoms with Crippen LogP contribution in [0.3, 0.4) is 0 Å². The molecule has 6 aromatic carbocycles. The predicted molar refractivity (Wildman–Crippen MR) is 200 cm³/mol. The number of thiophene rings is 1. The smallest absolute Gasteiger partial charge is 0.115 e. The summed E-state index contributed by atoms with van der Waals surface area (Å²) >= 11 is 1.78. The van der Waals surface area contributed by atoms with E-state index in [2.05, 4.69) is 131 Å². The van der Waals surface area contributed by atoms with E-state index in [1.165, 1.54) is 41.7 Å². The molecule has 0 fully saturated rings. The predicted octanol–water partition coefficient (Wildman–Crippen LogP) is 11.0. The number of rotatable bonds is 8. The molecule has 0 spiro atoms. The SMILES string of the molecule is C=N/C(=C/Nc1ccccc1)C(=C)/C(=N\Cn1c2ccccc2c2c3ccccc3ccc21)c1cccc2c1sc1ccccc12. The van der Waals surface area contributed by atoms with Crippen LogP contribution in [0.15, 0.2) is 167 Å². The highest BCUT2D eigenvalue weighted by molar-refractivity contribution is 7.26. The molecule has 0 bridgehead atoms. The molecule has 0 aliphatic heterocycles. The second-order valence-electron chi connectivity index (χ2n) is 11.2. The lowest BCUT2D eigenvalue weighted by Gasteiger charge is -2.14. The fourth-order valence-corrected chi connectivity index (χ4v) is 7.64. The number of para-hydroxylation sites is 2. The number of fused-ring (bicyclic) bond motifs is 8. The topological polar surface area (TPSA) is 41.7 Å². The Hall–Kier alpha value is -5.78. The Morgan fingerprint density at radius 3 is 2.26 bits per heavy atom. The van der Waals surface area contributed by atoms with Crippen LogP contribution in [0, 0.1) is 0 Å². The van der Waals surface area contributed by atoms with E-state index in [0.717, 1.165) is 28.0 Å². The maximum Gasteiger partial charge on any atom is 0.115 e. The van der Waals surface area contributed by atoms with Crippen molar-refractivity contribution in [3.05, 3.63) is 163 Å². The summed E-state index contributed by atoms with van der Waals surface area (Å²) in [6.45, 7) is 8.89. The van der Waals surface area contributed by atoms with E-state index in [-0.39, 0.29) is 0 Å². The molecule has 4 nitrogen and oxygen atoms in total. The van der Waals surface area contributed by atoms with Gasteiger partial charge in [0.05, 0.1) is 22.4 Å². The highest BCUT2D eigenvalue weighted by atomic mass is 32.1. The molecule has 2 aromatic heterocycles. The first-order chi connectivity index (χ1) is 22.7. The van der Waals surface area contributed by atoms with Gasteiger partial charge in [-0.2, -0.15) is 0 Å². The summed E-state index contributed by atoms with van der Waals surface area (Å²) in [7, 11) is 0. The lowest BCUT2D eigenvalue weighted by Crippen LogP contribution is -2.10. The normalized spacial score (nSPS) is 12.4. The van der Waals surface area contributed by atoms with Gasteiger partial charge in [0.15, 0.2) is 0 Å². The van der Waals surface area contributed by atoms with Crippen molar-refractivity contribution < 1.29 is 0 Å². The van der Waals surface area contributed by atoms with Gasteiger partial charge in [-0.1, -0.05) is 110 Å². The zero-order valence-corrected chi connectivity index (χ0v) is 26.0. The van der Waals surface area contributed by atoms with Crippen LogP contribution in [0.4, 0.5) is 5.69 Å². The largest absolute Gasteiger partial charge is 0.360 e. The van der Waals surface area contributed by atoms with Gasteiger partial charge in [0, 0.05) is 54.0 Å². The molecule has 0 unspecified atom stereocenters. The maximum atomic E-state index is 5.39. The van der Waals surface area contributed by atoms with Crippen LogP contribution in [0.2, 0.25) is 0 Å². The quantitative estimate of drug-likeness (QED) is 0.135. The summed E-state index contributed by atoms with van der Waals surface area (Å²) in [5.41, 5.74) is 6.41. The van der Waals surface area contributed by atoms with Crippen LogP contribution < -0.4 is 5.32 Å². The van der Waals surface area contributed by atoms with Gasteiger partial charge in [-0.3, -0.25) is 9.98 Å². The lowest BCUT2D eigenvalue weighted by atomic mass is 9.99. The first kappa shape index (κ1) is 27.7. The van der Waals surface area contributed by atoms with Crippen molar-refractivity contribution >= 4 is 82.2 Å². The van der Waals surface area contributed by atoms with Crippen molar-refractivity contribution in [3.8, 4) is 0 Å². The Balaban J connectivity index is 1.32. The molecule has 8 rings (SSSR count). The number of hydrogen-bond donors (Lipinski definition) is 1. The standard InChI is InChI=1S/C41H30N4S/c1-27(35(42-2)25-43-29-14-4-3-5-15-29)40(34-20-12-19-32-31-17-9-11-22-38(31)46-41(32)34)44-26-45-36-21-10-8-18-33(36)39-30-16-7-6-13-28(30)23-24-37(39)45/h3-25,43H,1-2,26H2/b35-25+,44-40+. The van der Waals surface area contributed by atoms with Gasteiger partial charge in [-0.05, 0) is 47.8 Å². The molecule has 0 radical (unpaired) electrons. The third-order valence-electron chi connectivity index (χ3n) is 8.61. The highest BCUT2D eigenvalue weighted by Crippen LogP contribution is 2.38. The van der Waals surface area contributed by atoms with E-state index in [9.17, 15) is 0 Å². The van der Waals surface area contributed by atoms with Crippen LogP contribution in [0.25, 0.3) is 52.8 Å². The zero-order valence-electron chi connectivity index (χ0n) is 25.2. The number of hydrogen-bond acceptors (Lipinski definition) is 4. The zero-order chi connectivity index (χ0) is 31.0. The van der Waals surface area contributed by atoms with Crippen LogP contribution in [-0.2, 0) is 6.67 Å². The fourth-order valence-electron chi connectivity index (χ4n) is 6.42. The number of nitrogens with zero attached hydrogens (tertiary/aromatic N) is 3. The van der Waals surface area contributed by atoms with E-state index >= 15 is 0 Å². The number of benzene rings is 6. The van der Waals surface area contributed by atoms with Crippen molar-refractivity contribution in [2.24, 2.45) is 9.98 Å². The first-order valence-electron chi connectivity index (χ1n) is 15.2. The lowest BCUT2D eigenvalue weighted by molar-refractivity contribution is 0.793. The van der Waals surface area contributed by atoms with Gasteiger partial charge in [-0.15, -0.1) is 11.3 Å². The molecule has 220 valence electrons. The molecule has 2 heterocycles. The Morgan fingerprint density at radius 1 is 0.696 bits per heavy atom. The van der Waals surface area contributed by atoms with Gasteiger partial charge in [0.25, 0.3) is 0 Å². The summed E-state index contributed by atoms with van der Waals surface area (Å²) in [5, 5.41) is 10.7. The molecule has 0 saturated carbocycles. The van der Waals surface area contributed by atoms with E-state index in [1.54, 1.807) is 11.3 Å². The van der Waals surface area contributed by atoms with Crippen LogP contribution in [0.5, 0.6) is 0 Å². The minimum Gasteiger partial charge on any atom is -0.360 e. The fraction of sp³-hybridized carbons (Fsp3) is 0.0244. The summed E-state index contributed by atoms with van der Waals surface area (Å²) in [6, 6.07) is 46.6. The van der Waals surface area contributed by atoms with Gasteiger partial charge in [0.1, 0.15) is 6.67 Å². The molecule has 0 aliphatic rings. The molecule has 0 aliphatic carbocycles. The Morgan fingerprint density at radius 2 is 1.41 bits per heavy atom.